The molecule has 5 nitrogen and oxygen atoms in total. The fourth-order valence-corrected chi connectivity index (χ4v) is 2.44. The normalized spacial score (nSPS) is 12.5. The Bertz CT molecular complexity index is 654. The second-order valence-corrected chi connectivity index (χ2v) is 5.09. The van der Waals surface area contributed by atoms with Gasteiger partial charge in [-0.05, 0) is 19.8 Å². The summed E-state index contributed by atoms with van der Waals surface area (Å²) in [6.07, 6.45) is 4.37. The monoisotopic (exact) mass is 272 g/mol. The van der Waals surface area contributed by atoms with E-state index in [4.69, 9.17) is 5.26 Å². The third kappa shape index (κ3) is 2.46. The van der Waals surface area contributed by atoms with Gasteiger partial charge in [0.2, 0.25) is 0 Å². The number of aromatic nitrogens is 3. The standard InChI is InChI=1S/C15H20N4O/c1-4-6-7-11(5-2)15-17-14-8-13(20)12(9-16)10(3)19(14)18-15/h8,11,20H,4-7H2,1-3H3. The first-order valence-corrected chi connectivity index (χ1v) is 7.11. The molecule has 106 valence electrons. The number of aromatic hydroxyl groups is 1. The molecule has 20 heavy (non-hydrogen) atoms. The minimum Gasteiger partial charge on any atom is -0.506 e. The first-order valence-electron chi connectivity index (χ1n) is 7.11. The summed E-state index contributed by atoms with van der Waals surface area (Å²) in [6.45, 7) is 6.08. The largest absolute Gasteiger partial charge is 0.506 e. The molecule has 1 atom stereocenters. The summed E-state index contributed by atoms with van der Waals surface area (Å²) in [4.78, 5) is 4.52. The first-order chi connectivity index (χ1) is 9.62. The lowest BCUT2D eigenvalue weighted by Crippen LogP contribution is -2.02. The number of unbranched alkanes of at least 4 members (excludes halogenated alkanes) is 1. The van der Waals surface area contributed by atoms with E-state index in [9.17, 15) is 5.11 Å². The second kappa shape index (κ2) is 5.91. The molecular weight excluding hydrogens is 252 g/mol. The fourth-order valence-electron chi connectivity index (χ4n) is 2.44. The van der Waals surface area contributed by atoms with Crippen molar-refractivity contribution in [3.05, 3.63) is 23.1 Å². The van der Waals surface area contributed by atoms with E-state index in [2.05, 4.69) is 23.9 Å². The molecule has 0 bridgehead atoms. The van der Waals surface area contributed by atoms with Crippen molar-refractivity contribution in [2.24, 2.45) is 0 Å². The molecule has 5 heteroatoms. The third-order valence-corrected chi connectivity index (χ3v) is 3.73. The van der Waals surface area contributed by atoms with Gasteiger partial charge in [-0.3, -0.25) is 0 Å². The summed E-state index contributed by atoms with van der Waals surface area (Å²) in [6, 6.07) is 3.51. The molecule has 2 aromatic heterocycles. The van der Waals surface area contributed by atoms with Crippen molar-refractivity contribution < 1.29 is 5.11 Å². The van der Waals surface area contributed by atoms with Crippen molar-refractivity contribution in [3.8, 4) is 11.8 Å². The van der Waals surface area contributed by atoms with Crippen LogP contribution in [0, 0.1) is 18.3 Å². The number of nitriles is 1. The fraction of sp³-hybridized carbons (Fsp3) is 0.533. The van der Waals surface area contributed by atoms with Crippen LogP contribution < -0.4 is 0 Å². The van der Waals surface area contributed by atoms with Crippen molar-refractivity contribution in [3.63, 3.8) is 0 Å². The van der Waals surface area contributed by atoms with Gasteiger partial charge in [0.1, 0.15) is 17.4 Å². The maximum atomic E-state index is 9.83. The van der Waals surface area contributed by atoms with Crippen LogP contribution in [0.1, 0.15) is 62.5 Å². The minimum absolute atomic E-state index is 0.0296. The number of rotatable bonds is 5. The highest BCUT2D eigenvalue weighted by atomic mass is 16.3. The zero-order valence-corrected chi connectivity index (χ0v) is 12.2. The van der Waals surface area contributed by atoms with Gasteiger partial charge < -0.3 is 5.11 Å². The number of hydrogen-bond donors (Lipinski definition) is 1. The predicted octanol–water partition coefficient (Wildman–Crippen LogP) is 3.30. The molecule has 0 saturated carbocycles. The molecule has 2 aromatic rings. The molecule has 0 spiro atoms. The molecule has 0 fully saturated rings. The average molecular weight is 272 g/mol. The molecule has 0 radical (unpaired) electrons. The molecule has 1 unspecified atom stereocenters. The number of fused-ring (bicyclic) bond motifs is 1. The van der Waals surface area contributed by atoms with Crippen LogP contribution >= 0.6 is 0 Å². The van der Waals surface area contributed by atoms with E-state index < -0.39 is 0 Å². The van der Waals surface area contributed by atoms with Gasteiger partial charge in [0.15, 0.2) is 11.5 Å². The Hall–Kier alpha value is -2.09. The van der Waals surface area contributed by atoms with E-state index in [1.54, 1.807) is 11.4 Å². The van der Waals surface area contributed by atoms with Crippen LogP contribution in [0.15, 0.2) is 6.07 Å². The summed E-state index contributed by atoms with van der Waals surface area (Å²) in [5, 5.41) is 23.4. The Labute approximate surface area is 118 Å². The summed E-state index contributed by atoms with van der Waals surface area (Å²) in [5.41, 5.74) is 1.49. The van der Waals surface area contributed by atoms with Crippen LogP contribution in [0.2, 0.25) is 0 Å². The van der Waals surface area contributed by atoms with Gasteiger partial charge in [-0.25, -0.2) is 9.50 Å². The van der Waals surface area contributed by atoms with Gasteiger partial charge in [0.25, 0.3) is 0 Å². The second-order valence-electron chi connectivity index (χ2n) is 5.09. The average Bonchev–Trinajstić information content (AvgIpc) is 2.84. The molecule has 0 amide bonds. The predicted molar refractivity (Wildman–Crippen MR) is 76.7 cm³/mol. The highest BCUT2D eigenvalue weighted by Gasteiger charge is 2.18. The van der Waals surface area contributed by atoms with Gasteiger partial charge in [-0.2, -0.15) is 10.4 Å². The van der Waals surface area contributed by atoms with E-state index in [0.29, 0.717) is 17.3 Å². The van der Waals surface area contributed by atoms with Crippen molar-refractivity contribution in [1.82, 2.24) is 14.6 Å². The van der Waals surface area contributed by atoms with Crippen molar-refractivity contribution in [2.45, 2.75) is 52.4 Å². The van der Waals surface area contributed by atoms with E-state index >= 15 is 0 Å². The first kappa shape index (κ1) is 14.3. The van der Waals surface area contributed by atoms with Crippen molar-refractivity contribution in [1.29, 1.82) is 5.26 Å². The van der Waals surface area contributed by atoms with E-state index in [1.807, 2.05) is 6.07 Å². The van der Waals surface area contributed by atoms with Gasteiger partial charge in [-0.15, -0.1) is 0 Å². The summed E-state index contributed by atoms with van der Waals surface area (Å²) in [7, 11) is 0. The molecular formula is C15H20N4O. The highest BCUT2D eigenvalue weighted by Crippen LogP contribution is 2.26. The molecule has 0 aromatic carbocycles. The lowest BCUT2D eigenvalue weighted by molar-refractivity contribution is 0.472. The Morgan fingerprint density at radius 2 is 2.20 bits per heavy atom. The molecule has 0 aliphatic carbocycles. The van der Waals surface area contributed by atoms with Crippen molar-refractivity contribution in [2.75, 3.05) is 0 Å². The topological polar surface area (TPSA) is 74.2 Å². The maximum Gasteiger partial charge on any atom is 0.159 e. The molecule has 1 N–H and O–H groups in total. The number of hydrogen-bond acceptors (Lipinski definition) is 4. The molecule has 0 aliphatic rings. The molecule has 2 rings (SSSR count). The number of pyridine rings is 1. The van der Waals surface area contributed by atoms with Crippen LogP contribution in [-0.4, -0.2) is 19.7 Å². The lowest BCUT2D eigenvalue weighted by Gasteiger charge is -2.09. The van der Waals surface area contributed by atoms with Gasteiger partial charge in [-0.1, -0.05) is 26.7 Å². The van der Waals surface area contributed by atoms with E-state index in [1.165, 1.54) is 6.07 Å². The van der Waals surface area contributed by atoms with Crippen molar-refractivity contribution >= 4 is 5.65 Å². The SMILES string of the molecule is CCCCC(CC)c1nc2cc(O)c(C#N)c(C)n2n1. The molecule has 2 heterocycles. The van der Waals surface area contributed by atoms with Crippen LogP contribution in [0.4, 0.5) is 0 Å². The van der Waals surface area contributed by atoms with E-state index in [-0.39, 0.29) is 11.3 Å². The Kier molecular flexibility index (Phi) is 4.23. The quantitative estimate of drug-likeness (QED) is 0.906. The van der Waals surface area contributed by atoms with Crippen LogP contribution in [0.25, 0.3) is 5.65 Å². The van der Waals surface area contributed by atoms with Gasteiger partial charge >= 0.3 is 0 Å². The Balaban J connectivity index is 2.48. The Morgan fingerprint density at radius 1 is 1.45 bits per heavy atom. The maximum absolute atomic E-state index is 9.83. The Morgan fingerprint density at radius 3 is 2.80 bits per heavy atom. The highest BCUT2D eigenvalue weighted by molar-refractivity contribution is 5.54. The molecule has 0 aliphatic heterocycles. The van der Waals surface area contributed by atoms with Crippen LogP contribution in [-0.2, 0) is 0 Å². The van der Waals surface area contributed by atoms with E-state index in [0.717, 1.165) is 31.5 Å². The number of nitrogens with zero attached hydrogens (tertiary/aromatic N) is 4. The zero-order valence-electron chi connectivity index (χ0n) is 12.2. The zero-order chi connectivity index (χ0) is 14.7. The van der Waals surface area contributed by atoms with Crippen LogP contribution in [0.3, 0.4) is 0 Å². The summed E-state index contributed by atoms with van der Waals surface area (Å²) >= 11 is 0. The summed E-state index contributed by atoms with van der Waals surface area (Å²) < 4.78 is 1.65. The van der Waals surface area contributed by atoms with Crippen LogP contribution in [0.5, 0.6) is 5.75 Å². The number of aryl methyl sites for hydroxylation is 1. The minimum atomic E-state index is -0.0296. The van der Waals surface area contributed by atoms with Gasteiger partial charge in [0.05, 0.1) is 5.69 Å². The molecule has 0 saturated heterocycles. The van der Waals surface area contributed by atoms with Gasteiger partial charge in [0, 0.05) is 12.0 Å². The smallest absolute Gasteiger partial charge is 0.159 e. The summed E-state index contributed by atoms with van der Waals surface area (Å²) in [5.74, 6) is 1.11. The third-order valence-electron chi connectivity index (χ3n) is 3.73. The lowest BCUT2D eigenvalue weighted by atomic mass is 9.99.